The number of aliphatic carboxylic acids is 1. The first-order valence-electron chi connectivity index (χ1n) is 25.3. The van der Waals surface area contributed by atoms with Crippen LogP contribution in [-0.2, 0) is 60.7 Å². The number of cyclic esters (lactones) is 1. The topological polar surface area (TPSA) is 320 Å². The second-order valence-corrected chi connectivity index (χ2v) is 19.3. The van der Waals surface area contributed by atoms with E-state index in [9.17, 15) is 48.6 Å². The largest absolute Gasteiger partial charge is 0.481 e. The second kappa shape index (κ2) is 29.0. The first kappa shape index (κ1) is 58.7. The number of unbranched alkanes of at least 4 members (excludes halogenated alkanes) is 5. The van der Waals surface area contributed by atoms with Gasteiger partial charge in [0.15, 0.2) is 0 Å². The Balaban J connectivity index is 1.84. The summed E-state index contributed by atoms with van der Waals surface area (Å²) >= 11 is 0. The molecule has 2 bridgehead atoms. The SMILES string of the molecule is CCCCCCCC(=O)NC(CC(=O)O)C(=O)NC1C(=O)NC(CCCCC(=N)N)C(=O)NC2CCC(O)N(C2=O)C(Cc2ccccc2)C(=O)N(C)C(Cc2ccccc2)C(=O)NC(C(C)C)C(=O)OC1C. The maximum absolute atomic E-state index is 15.1. The van der Waals surface area contributed by atoms with Crippen molar-refractivity contribution in [3.05, 3.63) is 71.8 Å². The summed E-state index contributed by atoms with van der Waals surface area (Å²) in [6.45, 7) is 6.55. The molecule has 2 fully saturated rings. The number of carboxylic acid groups (broad SMARTS) is 1. The molecule has 2 aliphatic heterocycles. The zero-order chi connectivity index (χ0) is 53.8. The van der Waals surface area contributed by atoms with E-state index in [1.54, 1.807) is 74.5 Å². The van der Waals surface area contributed by atoms with E-state index in [-0.39, 0.29) is 57.2 Å². The summed E-state index contributed by atoms with van der Waals surface area (Å²) in [5, 5.41) is 42.0. The van der Waals surface area contributed by atoms with Crippen LogP contribution >= 0.6 is 0 Å². The summed E-state index contributed by atoms with van der Waals surface area (Å²) in [6.07, 6.45) is 0.316. The molecule has 9 atom stereocenters. The minimum atomic E-state index is -1.85. The highest BCUT2D eigenvalue weighted by Gasteiger charge is 2.46. The van der Waals surface area contributed by atoms with Gasteiger partial charge in [0.05, 0.1) is 12.3 Å². The third-order valence-corrected chi connectivity index (χ3v) is 13.1. The second-order valence-electron chi connectivity index (χ2n) is 19.3. The molecular formula is C52H75N9O12. The molecule has 4 rings (SSSR count). The minimum absolute atomic E-state index is 0.00215. The number of nitrogens with zero attached hydrogens (tertiary/aromatic N) is 2. The number of rotatable bonds is 21. The third-order valence-electron chi connectivity index (χ3n) is 13.1. The Morgan fingerprint density at radius 2 is 1.40 bits per heavy atom. The van der Waals surface area contributed by atoms with Crippen molar-refractivity contribution in [2.45, 2.75) is 179 Å². The van der Waals surface area contributed by atoms with Gasteiger partial charge in [0.25, 0.3) is 0 Å². The van der Waals surface area contributed by atoms with E-state index in [1.165, 1.54) is 18.9 Å². The van der Waals surface area contributed by atoms with Crippen molar-refractivity contribution < 1.29 is 58.1 Å². The van der Waals surface area contributed by atoms with Crippen LogP contribution in [0.25, 0.3) is 0 Å². The van der Waals surface area contributed by atoms with Gasteiger partial charge in [-0.15, -0.1) is 0 Å². The molecule has 400 valence electrons. The Bertz CT molecular complexity index is 2230. The van der Waals surface area contributed by atoms with Crippen LogP contribution in [0.2, 0.25) is 0 Å². The van der Waals surface area contributed by atoms with Crippen LogP contribution in [0.1, 0.15) is 122 Å². The van der Waals surface area contributed by atoms with Crippen LogP contribution in [-0.4, -0.2) is 141 Å². The van der Waals surface area contributed by atoms with Gasteiger partial charge in [-0.3, -0.25) is 43.8 Å². The lowest BCUT2D eigenvalue weighted by molar-refractivity contribution is -0.165. The van der Waals surface area contributed by atoms with E-state index < -0.39 is 120 Å². The maximum Gasteiger partial charge on any atom is 0.329 e. The number of piperidine rings is 1. The third kappa shape index (κ3) is 18.0. The fraction of sp³-hybridized carbons (Fsp3) is 0.577. The van der Waals surface area contributed by atoms with Gasteiger partial charge in [-0.05, 0) is 56.1 Å². The molecule has 0 radical (unpaired) electrons. The highest BCUT2D eigenvalue weighted by molar-refractivity contribution is 5.99. The van der Waals surface area contributed by atoms with E-state index in [0.29, 0.717) is 24.0 Å². The van der Waals surface area contributed by atoms with E-state index in [4.69, 9.17) is 15.9 Å². The van der Waals surface area contributed by atoms with Crippen molar-refractivity contribution in [3.63, 3.8) is 0 Å². The zero-order valence-electron chi connectivity index (χ0n) is 42.6. The molecule has 2 heterocycles. The minimum Gasteiger partial charge on any atom is -0.481 e. The molecule has 0 aromatic heterocycles. The van der Waals surface area contributed by atoms with Crippen LogP contribution in [0.4, 0.5) is 0 Å². The fourth-order valence-electron chi connectivity index (χ4n) is 8.90. The summed E-state index contributed by atoms with van der Waals surface area (Å²) in [6, 6.07) is 7.01. The van der Waals surface area contributed by atoms with E-state index in [2.05, 4.69) is 26.6 Å². The molecule has 73 heavy (non-hydrogen) atoms. The molecule has 7 amide bonds. The van der Waals surface area contributed by atoms with Crippen molar-refractivity contribution in [3.8, 4) is 0 Å². The summed E-state index contributed by atoms with van der Waals surface area (Å²) in [5.41, 5.74) is 6.84. The number of aliphatic hydroxyl groups excluding tert-OH is 1. The van der Waals surface area contributed by atoms with Gasteiger partial charge in [0, 0.05) is 32.7 Å². The number of ether oxygens (including phenoxy) is 1. The van der Waals surface area contributed by atoms with Gasteiger partial charge >= 0.3 is 11.9 Å². The molecule has 21 nitrogen and oxygen atoms in total. The molecule has 2 saturated heterocycles. The average Bonchev–Trinajstić information content (AvgIpc) is 3.34. The lowest BCUT2D eigenvalue weighted by Crippen LogP contribution is -2.65. The van der Waals surface area contributed by atoms with Gasteiger partial charge in [-0.25, -0.2) is 4.79 Å². The Kier molecular flexibility index (Phi) is 23.3. The molecule has 2 aliphatic rings. The summed E-state index contributed by atoms with van der Waals surface area (Å²) in [5.74, 6) is -9.30. The van der Waals surface area contributed by atoms with Crippen molar-refractivity contribution in [1.29, 1.82) is 5.41 Å². The number of hydrogen-bond acceptors (Lipinski definition) is 12. The highest BCUT2D eigenvalue weighted by Crippen LogP contribution is 2.25. The number of hydrogen-bond donors (Lipinski definition) is 9. The number of carboxylic acids is 1. The number of fused-ring (bicyclic) bond motifs is 2. The predicted molar refractivity (Wildman–Crippen MR) is 269 cm³/mol. The monoisotopic (exact) mass is 1020 g/mol. The number of carbonyl (C=O) groups excluding carboxylic acids is 8. The Labute approximate surface area is 427 Å². The molecule has 21 heteroatoms. The number of likely N-dealkylation sites (N-methyl/N-ethyl adjacent to an activating group) is 1. The maximum atomic E-state index is 15.1. The molecule has 0 saturated carbocycles. The Hall–Kier alpha value is -6.90. The van der Waals surface area contributed by atoms with Gasteiger partial charge in [0.1, 0.15) is 54.6 Å². The van der Waals surface area contributed by atoms with E-state index in [0.717, 1.165) is 30.6 Å². The normalized spacial score (nSPS) is 23.9. The molecule has 2 aromatic carbocycles. The number of amidine groups is 1. The number of nitrogens with one attached hydrogen (secondary N) is 6. The molecule has 9 unspecified atom stereocenters. The quantitative estimate of drug-likeness (QED) is 0.0374. The Morgan fingerprint density at radius 1 is 0.795 bits per heavy atom. The molecular weight excluding hydrogens is 943 g/mol. The highest BCUT2D eigenvalue weighted by atomic mass is 16.5. The van der Waals surface area contributed by atoms with Crippen LogP contribution < -0.4 is 32.3 Å². The molecule has 10 N–H and O–H groups in total. The van der Waals surface area contributed by atoms with Crippen LogP contribution in [0.15, 0.2) is 60.7 Å². The van der Waals surface area contributed by atoms with E-state index >= 15 is 4.79 Å². The van der Waals surface area contributed by atoms with Crippen molar-refractivity contribution in [1.82, 2.24) is 36.4 Å². The average molecular weight is 1020 g/mol. The summed E-state index contributed by atoms with van der Waals surface area (Å²) in [4.78, 5) is 129. The lowest BCUT2D eigenvalue weighted by Gasteiger charge is -2.43. The number of benzene rings is 2. The van der Waals surface area contributed by atoms with Crippen molar-refractivity contribution in [2.75, 3.05) is 7.05 Å². The Morgan fingerprint density at radius 3 is 1.99 bits per heavy atom. The number of carbonyl (C=O) groups is 9. The smallest absolute Gasteiger partial charge is 0.329 e. The lowest BCUT2D eigenvalue weighted by atomic mass is 9.95. The first-order valence-corrected chi connectivity index (χ1v) is 25.3. The summed E-state index contributed by atoms with van der Waals surface area (Å²) < 4.78 is 5.87. The van der Waals surface area contributed by atoms with Crippen LogP contribution in [0, 0.1) is 11.3 Å². The number of nitrogens with two attached hydrogens (primary N) is 1. The molecule has 0 spiro atoms. The van der Waals surface area contributed by atoms with Gasteiger partial charge in [-0.1, -0.05) is 114 Å². The zero-order valence-corrected chi connectivity index (χ0v) is 42.6. The van der Waals surface area contributed by atoms with Crippen LogP contribution in [0.5, 0.6) is 0 Å². The fourth-order valence-corrected chi connectivity index (χ4v) is 8.90. The van der Waals surface area contributed by atoms with Crippen LogP contribution in [0.3, 0.4) is 0 Å². The van der Waals surface area contributed by atoms with Gasteiger partial charge in [0.2, 0.25) is 41.4 Å². The number of aliphatic hydroxyl groups is 1. The molecule has 2 aromatic rings. The summed E-state index contributed by atoms with van der Waals surface area (Å²) in [7, 11) is 1.38. The van der Waals surface area contributed by atoms with Gasteiger partial charge in [-0.2, -0.15) is 0 Å². The molecule has 0 aliphatic carbocycles. The van der Waals surface area contributed by atoms with Gasteiger partial charge < -0.3 is 57.1 Å². The first-order chi connectivity index (χ1) is 34.7. The number of amides is 7. The van der Waals surface area contributed by atoms with E-state index in [1.807, 2.05) is 6.92 Å². The standard InChI is InChI=1S/C52H75N9O12/c1-6-7-8-9-16-25-41(62)55-37(30-43(64)65)47(67)59-45-32(4)73-52(72)44(31(2)3)58-48(68)38(28-33-19-12-10-13-20-33)60(5)51(71)39(29-34-21-14-11-15-22-34)61-42(63)27-26-36(50(61)70)57-46(66)35(56-49(45)69)23-17-18-24-40(53)54/h10-15,19-22,31-32,35-39,42,44-45,63H,6-9,16-18,23-30H2,1-5H3,(H3,53,54)(H,55,62)(H,56,69)(H,57,66)(H,58,68)(H,59,67)(H,64,65). The number of esters is 1. The van der Waals surface area contributed by atoms with Crippen molar-refractivity contribution in [2.24, 2.45) is 11.7 Å². The van der Waals surface area contributed by atoms with Crippen molar-refractivity contribution >= 4 is 59.1 Å². The predicted octanol–water partition coefficient (Wildman–Crippen LogP) is 1.97.